The van der Waals surface area contributed by atoms with E-state index < -0.39 is 28.5 Å². The molecule has 0 heterocycles. The molecule has 38 heavy (non-hydrogen) atoms. The SMILES string of the molecule is CCNC(=O)C(C)N(Cc1ccccc1)C(=O)CN(c1ccc(C)cc1)S(=O)(=O)c1ccc(OC)c(Br)c1. The average Bonchev–Trinajstić information content (AvgIpc) is 2.91. The van der Waals surface area contributed by atoms with Crippen LogP contribution in [-0.4, -0.2) is 51.4 Å². The largest absolute Gasteiger partial charge is 0.496 e. The van der Waals surface area contributed by atoms with Gasteiger partial charge >= 0.3 is 0 Å². The number of aryl methyl sites for hydroxylation is 1. The maximum Gasteiger partial charge on any atom is 0.264 e. The molecule has 1 N–H and O–H groups in total. The highest BCUT2D eigenvalue weighted by molar-refractivity contribution is 9.10. The van der Waals surface area contributed by atoms with Gasteiger partial charge in [-0.15, -0.1) is 0 Å². The second-order valence-corrected chi connectivity index (χ2v) is 11.4. The third-order valence-electron chi connectivity index (χ3n) is 6.03. The number of likely N-dealkylation sites (N-methyl/N-ethyl adjacent to an activating group) is 1. The first kappa shape index (κ1) is 29.2. The van der Waals surface area contributed by atoms with Crippen LogP contribution in [0.5, 0.6) is 5.75 Å². The Kier molecular flexibility index (Phi) is 9.93. The third kappa shape index (κ3) is 6.93. The van der Waals surface area contributed by atoms with Crippen LogP contribution in [0.4, 0.5) is 5.69 Å². The van der Waals surface area contributed by atoms with Crippen LogP contribution in [0.1, 0.15) is 25.0 Å². The number of nitrogens with zero attached hydrogens (tertiary/aromatic N) is 2. The Morgan fingerprint density at radius 3 is 2.26 bits per heavy atom. The molecular formula is C28H32BrN3O5S. The van der Waals surface area contributed by atoms with Crippen LogP contribution in [0.3, 0.4) is 0 Å². The number of carbonyl (C=O) groups is 2. The fourth-order valence-corrected chi connectivity index (χ4v) is 5.99. The van der Waals surface area contributed by atoms with E-state index in [1.54, 1.807) is 44.2 Å². The molecule has 8 nitrogen and oxygen atoms in total. The number of hydrogen-bond acceptors (Lipinski definition) is 5. The predicted molar refractivity (Wildman–Crippen MR) is 152 cm³/mol. The maximum absolute atomic E-state index is 13.9. The Morgan fingerprint density at radius 2 is 1.68 bits per heavy atom. The number of amides is 2. The molecule has 202 valence electrons. The van der Waals surface area contributed by atoms with Crippen molar-refractivity contribution in [3.05, 3.63) is 88.4 Å². The molecule has 10 heteroatoms. The highest BCUT2D eigenvalue weighted by atomic mass is 79.9. The van der Waals surface area contributed by atoms with Gasteiger partial charge in [-0.1, -0.05) is 48.0 Å². The third-order valence-corrected chi connectivity index (χ3v) is 8.42. The summed E-state index contributed by atoms with van der Waals surface area (Å²) in [7, 11) is -2.68. The van der Waals surface area contributed by atoms with Crippen LogP contribution in [0.25, 0.3) is 0 Å². The fourth-order valence-electron chi connectivity index (χ4n) is 3.86. The van der Waals surface area contributed by atoms with E-state index in [1.807, 2.05) is 37.3 Å². The van der Waals surface area contributed by atoms with Gasteiger partial charge in [0.25, 0.3) is 10.0 Å². The molecule has 0 fully saturated rings. The number of carbonyl (C=O) groups excluding carboxylic acids is 2. The van der Waals surface area contributed by atoms with E-state index in [0.29, 0.717) is 22.5 Å². The Morgan fingerprint density at radius 1 is 1.03 bits per heavy atom. The van der Waals surface area contributed by atoms with Gasteiger partial charge in [-0.25, -0.2) is 8.42 Å². The molecule has 0 radical (unpaired) electrons. The molecule has 0 aromatic heterocycles. The number of anilines is 1. The first-order valence-electron chi connectivity index (χ1n) is 12.1. The van der Waals surface area contributed by atoms with Crippen molar-refractivity contribution in [3.63, 3.8) is 0 Å². The molecule has 0 saturated carbocycles. The van der Waals surface area contributed by atoms with Gasteiger partial charge in [0, 0.05) is 13.1 Å². The maximum atomic E-state index is 13.9. The number of methoxy groups -OCH3 is 1. The molecule has 0 saturated heterocycles. The molecule has 3 aromatic rings. The van der Waals surface area contributed by atoms with E-state index in [4.69, 9.17) is 4.74 Å². The molecule has 1 atom stereocenters. The van der Waals surface area contributed by atoms with Gasteiger partial charge in [0.1, 0.15) is 18.3 Å². The smallest absolute Gasteiger partial charge is 0.264 e. The highest BCUT2D eigenvalue weighted by Crippen LogP contribution is 2.31. The summed E-state index contributed by atoms with van der Waals surface area (Å²) in [5.74, 6) is -0.350. The van der Waals surface area contributed by atoms with Crippen LogP contribution in [-0.2, 0) is 26.2 Å². The minimum absolute atomic E-state index is 0.00932. The highest BCUT2D eigenvalue weighted by Gasteiger charge is 2.32. The second-order valence-electron chi connectivity index (χ2n) is 8.72. The Balaban J connectivity index is 2.04. The summed E-state index contributed by atoms with van der Waals surface area (Å²) in [5.41, 5.74) is 2.10. The van der Waals surface area contributed by atoms with Gasteiger partial charge in [0.2, 0.25) is 11.8 Å². The summed E-state index contributed by atoms with van der Waals surface area (Å²) in [4.78, 5) is 27.9. The Labute approximate surface area is 232 Å². The quantitative estimate of drug-likeness (QED) is 0.349. The molecule has 0 spiro atoms. The van der Waals surface area contributed by atoms with Gasteiger partial charge in [-0.05, 0) is 72.6 Å². The number of halogens is 1. The molecule has 0 aliphatic rings. The molecule has 0 aliphatic heterocycles. The predicted octanol–water partition coefficient (Wildman–Crippen LogP) is 4.51. The number of sulfonamides is 1. The topological polar surface area (TPSA) is 96.0 Å². The van der Waals surface area contributed by atoms with Crippen molar-refractivity contribution in [2.75, 3.05) is 24.5 Å². The first-order valence-corrected chi connectivity index (χ1v) is 14.4. The van der Waals surface area contributed by atoms with E-state index in [9.17, 15) is 18.0 Å². The van der Waals surface area contributed by atoms with E-state index in [0.717, 1.165) is 15.4 Å². The number of hydrogen-bond donors (Lipinski definition) is 1. The average molecular weight is 603 g/mol. The fraction of sp³-hybridized carbons (Fsp3) is 0.286. The van der Waals surface area contributed by atoms with Crippen molar-refractivity contribution in [2.45, 2.75) is 38.3 Å². The van der Waals surface area contributed by atoms with E-state index in [-0.39, 0.29) is 17.3 Å². The van der Waals surface area contributed by atoms with Gasteiger partial charge in [0.15, 0.2) is 0 Å². The first-order chi connectivity index (χ1) is 18.1. The molecular weight excluding hydrogens is 570 g/mol. The summed E-state index contributed by atoms with van der Waals surface area (Å²) in [6, 6.07) is 19.8. The molecule has 3 rings (SSSR count). The van der Waals surface area contributed by atoms with Gasteiger partial charge in [-0.2, -0.15) is 0 Å². The van der Waals surface area contributed by atoms with E-state index in [1.165, 1.54) is 24.1 Å². The van der Waals surface area contributed by atoms with Crippen LogP contribution < -0.4 is 14.4 Å². The minimum atomic E-state index is -4.17. The van der Waals surface area contributed by atoms with Crippen molar-refractivity contribution in [1.29, 1.82) is 0 Å². The van der Waals surface area contributed by atoms with Gasteiger partial charge < -0.3 is 15.0 Å². The number of rotatable bonds is 11. The van der Waals surface area contributed by atoms with E-state index >= 15 is 0 Å². The monoisotopic (exact) mass is 601 g/mol. The standard InChI is InChI=1S/C28H32BrN3O5S/c1-5-30-28(34)21(3)31(18-22-9-7-6-8-10-22)27(33)19-32(23-13-11-20(2)12-14-23)38(35,36)24-15-16-26(37-4)25(29)17-24/h6-17,21H,5,18-19H2,1-4H3,(H,30,34). The zero-order valence-electron chi connectivity index (χ0n) is 21.8. The zero-order chi connectivity index (χ0) is 27.9. The molecule has 0 aliphatic carbocycles. The molecule has 0 bridgehead atoms. The lowest BCUT2D eigenvalue weighted by molar-refractivity contribution is -0.139. The zero-order valence-corrected chi connectivity index (χ0v) is 24.3. The lowest BCUT2D eigenvalue weighted by Gasteiger charge is -2.32. The Bertz CT molecular complexity index is 1360. The lowest BCUT2D eigenvalue weighted by Crippen LogP contribution is -2.51. The summed E-state index contributed by atoms with van der Waals surface area (Å²) in [5, 5.41) is 2.75. The van der Waals surface area contributed by atoms with Crippen LogP contribution in [0.15, 0.2) is 82.2 Å². The van der Waals surface area contributed by atoms with Crippen molar-refractivity contribution < 1.29 is 22.7 Å². The summed E-state index contributed by atoms with van der Waals surface area (Å²) < 4.78 is 34.6. The molecule has 2 amide bonds. The normalized spacial score (nSPS) is 11.9. The Hall–Kier alpha value is -3.37. The van der Waals surface area contributed by atoms with Crippen molar-refractivity contribution in [3.8, 4) is 5.75 Å². The summed E-state index contributed by atoms with van der Waals surface area (Å²) >= 11 is 3.35. The number of benzene rings is 3. The second kappa shape index (κ2) is 12.9. The molecule has 1 unspecified atom stereocenters. The number of nitrogens with one attached hydrogen (secondary N) is 1. The lowest BCUT2D eigenvalue weighted by atomic mass is 10.1. The van der Waals surface area contributed by atoms with Crippen molar-refractivity contribution in [2.24, 2.45) is 0 Å². The van der Waals surface area contributed by atoms with Gasteiger partial charge in [0.05, 0.1) is 22.2 Å². The van der Waals surface area contributed by atoms with Crippen LogP contribution >= 0.6 is 15.9 Å². The number of ether oxygens (including phenoxy) is 1. The van der Waals surface area contributed by atoms with Crippen molar-refractivity contribution in [1.82, 2.24) is 10.2 Å². The summed E-state index contributed by atoms with van der Waals surface area (Å²) in [6.07, 6.45) is 0. The van der Waals surface area contributed by atoms with Crippen LogP contribution in [0, 0.1) is 6.92 Å². The summed E-state index contributed by atoms with van der Waals surface area (Å²) in [6.45, 7) is 5.39. The van der Waals surface area contributed by atoms with E-state index in [2.05, 4.69) is 21.2 Å². The minimum Gasteiger partial charge on any atom is -0.496 e. The van der Waals surface area contributed by atoms with Crippen LogP contribution in [0.2, 0.25) is 0 Å². The van der Waals surface area contributed by atoms with Crippen molar-refractivity contribution >= 4 is 43.5 Å². The van der Waals surface area contributed by atoms with Gasteiger partial charge in [-0.3, -0.25) is 13.9 Å². The molecule has 3 aromatic carbocycles.